The molecule has 1 aromatic carbocycles. The van der Waals surface area contributed by atoms with Crippen LogP contribution in [0.15, 0.2) is 45.9 Å². The molecule has 0 saturated heterocycles. The minimum absolute atomic E-state index is 0.0126. The summed E-state index contributed by atoms with van der Waals surface area (Å²) in [5, 5.41) is 11.0. The fourth-order valence-electron chi connectivity index (χ4n) is 2.01. The monoisotopic (exact) mass is 366 g/mol. The fraction of sp³-hybridized carbons (Fsp3) is 0.250. The molecule has 25 heavy (non-hydrogen) atoms. The second kappa shape index (κ2) is 7.49. The minimum Gasteiger partial charge on any atom is -0.481 e. The topological polar surface area (TPSA) is 117 Å². The number of hydrogen-bond donors (Lipinski definition) is 2. The van der Waals surface area contributed by atoms with E-state index in [9.17, 15) is 18.0 Å². The Kier molecular flexibility index (Phi) is 5.60. The van der Waals surface area contributed by atoms with Crippen LogP contribution in [0.2, 0.25) is 0 Å². The maximum Gasteiger partial charge on any atom is 0.303 e. The van der Waals surface area contributed by atoms with Gasteiger partial charge in [-0.15, -0.1) is 0 Å². The van der Waals surface area contributed by atoms with E-state index in [-0.39, 0.29) is 17.3 Å². The molecule has 0 aliphatic heterocycles. The highest BCUT2D eigenvalue weighted by Gasteiger charge is 2.23. The van der Waals surface area contributed by atoms with Gasteiger partial charge in [0.25, 0.3) is 15.9 Å². The van der Waals surface area contributed by atoms with Crippen LogP contribution in [0.1, 0.15) is 22.5 Å². The minimum atomic E-state index is -3.75. The standard InChI is InChI=1S/C16H18N2O6S/c1-18(2)25(22,23)15-9-7-13(24-15)16(21)17-12-5-3-4-11(10-12)6-8-14(19)20/h3-5,7,9-10H,6,8H2,1-2H3,(H,17,21)(H,19,20). The van der Waals surface area contributed by atoms with Crippen LogP contribution in [0.3, 0.4) is 0 Å². The van der Waals surface area contributed by atoms with Crippen molar-refractivity contribution in [1.29, 1.82) is 0 Å². The number of hydrogen-bond acceptors (Lipinski definition) is 5. The number of benzene rings is 1. The molecule has 0 atom stereocenters. The van der Waals surface area contributed by atoms with Crippen molar-refractivity contribution < 1.29 is 27.5 Å². The van der Waals surface area contributed by atoms with Gasteiger partial charge in [-0.2, -0.15) is 0 Å². The summed E-state index contributed by atoms with van der Waals surface area (Å²) in [6, 6.07) is 9.24. The summed E-state index contributed by atoms with van der Waals surface area (Å²) in [5.74, 6) is -1.65. The van der Waals surface area contributed by atoms with E-state index >= 15 is 0 Å². The Hall–Kier alpha value is -2.65. The number of sulfonamides is 1. The van der Waals surface area contributed by atoms with E-state index in [0.29, 0.717) is 12.1 Å². The van der Waals surface area contributed by atoms with Crippen LogP contribution in [0.25, 0.3) is 0 Å². The van der Waals surface area contributed by atoms with Crippen molar-refractivity contribution in [2.24, 2.45) is 0 Å². The van der Waals surface area contributed by atoms with E-state index in [1.807, 2.05) is 0 Å². The Bertz CT molecular complexity index is 886. The molecule has 8 nitrogen and oxygen atoms in total. The van der Waals surface area contributed by atoms with Crippen LogP contribution in [-0.2, 0) is 21.2 Å². The molecule has 2 rings (SSSR count). The van der Waals surface area contributed by atoms with Crippen LogP contribution < -0.4 is 5.32 Å². The highest BCUT2D eigenvalue weighted by atomic mass is 32.2. The van der Waals surface area contributed by atoms with Crippen molar-refractivity contribution >= 4 is 27.6 Å². The van der Waals surface area contributed by atoms with E-state index in [2.05, 4.69) is 5.32 Å². The number of carboxylic acid groups (broad SMARTS) is 1. The molecule has 1 amide bonds. The van der Waals surface area contributed by atoms with Gasteiger partial charge in [0.15, 0.2) is 5.76 Å². The molecule has 0 radical (unpaired) electrons. The summed E-state index contributed by atoms with van der Waals surface area (Å²) in [6.45, 7) is 0. The second-order valence-electron chi connectivity index (χ2n) is 5.45. The van der Waals surface area contributed by atoms with Crippen molar-refractivity contribution in [3.05, 3.63) is 47.7 Å². The zero-order chi connectivity index (χ0) is 18.6. The fourth-order valence-corrected chi connectivity index (χ4v) is 2.80. The number of amides is 1. The van der Waals surface area contributed by atoms with E-state index in [0.717, 1.165) is 9.87 Å². The summed E-state index contributed by atoms with van der Waals surface area (Å²) in [4.78, 5) is 22.8. The van der Waals surface area contributed by atoms with Gasteiger partial charge in [-0.25, -0.2) is 12.7 Å². The summed E-state index contributed by atoms with van der Waals surface area (Å²) in [7, 11) is -1.03. The molecule has 0 spiro atoms. The Labute approximate surface area is 145 Å². The van der Waals surface area contributed by atoms with E-state index in [4.69, 9.17) is 9.52 Å². The molecule has 0 aliphatic rings. The highest BCUT2D eigenvalue weighted by Crippen LogP contribution is 2.19. The van der Waals surface area contributed by atoms with Crippen molar-refractivity contribution in [3.63, 3.8) is 0 Å². The Morgan fingerprint density at radius 2 is 1.92 bits per heavy atom. The van der Waals surface area contributed by atoms with E-state index in [1.54, 1.807) is 24.3 Å². The van der Waals surface area contributed by atoms with Crippen molar-refractivity contribution in [2.45, 2.75) is 17.9 Å². The van der Waals surface area contributed by atoms with Crippen LogP contribution in [0, 0.1) is 0 Å². The third-order valence-electron chi connectivity index (χ3n) is 3.35. The van der Waals surface area contributed by atoms with Gasteiger partial charge < -0.3 is 14.8 Å². The molecule has 2 aromatic rings. The summed E-state index contributed by atoms with van der Waals surface area (Å²) in [5.41, 5.74) is 1.22. The molecule has 1 aromatic heterocycles. The third-order valence-corrected chi connectivity index (χ3v) is 5.04. The molecule has 0 fully saturated rings. The number of aliphatic carboxylic acids is 1. The molecule has 0 saturated carbocycles. The van der Waals surface area contributed by atoms with Gasteiger partial charge in [0.1, 0.15) is 0 Å². The Morgan fingerprint density at radius 1 is 1.20 bits per heavy atom. The van der Waals surface area contributed by atoms with E-state index in [1.165, 1.54) is 26.2 Å². The Balaban J connectivity index is 2.11. The number of carbonyl (C=O) groups excluding carboxylic acids is 1. The molecule has 2 N–H and O–H groups in total. The quantitative estimate of drug-likeness (QED) is 0.772. The molecule has 0 aliphatic carbocycles. The lowest BCUT2D eigenvalue weighted by molar-refractivity contribution is -0.136. The lowest BCUT2D eigenvalue weighted by Gasteiger charge is -2.08. The highest BCUT2D eigenvalue weighted by molar-refractivity contribution is 7.88. The zero-order valence-corrected chi connectivity index (χ0v) is 14.5. The zero-order valence-electron chi connectivity index (χ0n) is 13.7. The first-order valence-corrected chi connectivity index (χ1v) is 8.78. The van der Waals surface area contributed by atoms with Crippen LogP contribution in [-0.4, -0.2) is 43.8 Å². The largest absolute Gasteiger partial charge is 0.481 e. The van der Waals surface area contributed by atoms with Crippen molar-refractivity contribution in [1.82, 2.24) is 4.31 Å². The first kappa shape index (κ1) is 18.7. The predicted octanol–water partition coefficient (Wildman–Crippen LogP) is 1.80. The predicted molar refractivity (Wildman–Crippen MR) is 89.9 cm³/mol. The van der Waals surface area contributed by atoms with Gasteiger partial charge in [0, 0.05) is 26.2 Å². The smallest absolute Gasteiger partial charge is 0.303 e. The van der Waals surface area contributed by atoms with Gasteiger partial charge in [-0.1, -0.05) is 12.1 Å². The number of aryl methyl sites for hydroxylation is 1. The van der Waals surface area contributed by atoms with Gasteiger partial charge in [-0.05, 0) is 36.2 Å². The number of rotatable bonds is 7. The molecule has 0 bridgehead atoms. The van der Waals surface area contributed by atoms with Gasteiger partial charge in [-0.3, -0.25) is 9.59 Å². The molecule has 134 valence electrons. The lowest BCUT2D eigenvalue weighted by atomic mass is 10.1. The van der Waals surface area contributed by atoms with Crippen molar-refractivity contribution in [2.75, 3.05) is 19.4 Å². The third kappa shape index (κ3) is 4.68. The Morgan fingerprint density at radius 3 is 2.56 bits per heavy atom. The summed E-state index contributed by atoms with van der Waals surface area (Å²) >= 11 is 0. The number of furan rings is 1. The van der Waals surface area contributed by atoms with Crippen LogP contribution in [0.4, 0.5) is 5.69 Å². The molecule has 9 heteroatoms. The van der Waals surface area contributed by atoms with Crippen LogP contribution >= 0.6 is 0 Å². The molecular weight excluding hydrogens is 348 g/mol. The average Bonchev–Trinajstić information content (AvgIpc) is 3.04. The van der Waals surface area contributed by atoms with E-state index < -0.39 is 21.9 Å². The van der Waals surface area contributed by atoms with Gasteiger partial charge in [0.2, 0.25) is 5.09 Å². The maximum atomic E-state index is 12.2. The maximum absolute atomic E-state index is 12.2. The molecule has 1 heterocycles. The van der Waals surface area contributed by atoms with Crippen molar-refractivity contribution in [3.8, 4) is 0 Å². The lowest BCUT2D eigenvalue weighted by Crippen LogP contribution is -2.21. The van der Waals surface area contributed by atoms with Crippen LogP contribution in [0.5, 0.6) is 0 Å². The first-order chi connectivity index (χ1) is 11.7. The number of nitrogens with one attached hydrogen (secondary N) is 1. The molecule has 0 unspecified atom stereocenters. The number of carbonyl (C=O) groups is 2. The average molecular weight is 366 g/mol. The number of carboxylic acids is 1. The van der Waals surface area contributed by atoms with Gasteiger partial charge in [0.05, 0.1) is 0 Å². The first-order valence-electron chi connectivity index (χ1n) is 7.34. The second-order valence-corrected chi connectivity index (χ2v) is 7.54. The van der Waals surface area contributed by atoms with Gasteiger partial charge >= 0.3 is 5.97 Å². The SMILES string of the molecule is CN(C)S(=O)(=O)c1ccc(C(=O)Nc2cccc(CCC(=O)O)c2)o1. The summed E-state index contributed by atoms with van der Waals surface area (Å²) in [6.07, 6.45) is 0.326. The molecular formula is C16H18N2O6S. The summed E-state index contributed by atoms with van der Waals surface area (Å²) < 4.78 is 30.0. The number of anilines is 1. The number of nitrogens with zero attached hydrogens (tertiary/aromatic N) is 1. The normalized spacial score (nSPS) is 11.5.